The number of likely N-dealkylation sites (tertiary alicyclic amines) is 1. The molecule has 1 saturated heterocycles. The van der Waals surface area contributed by atoms with Gasteiger partial charge in [-0.15, -0.1) is 11.3 Å². The van der Waals surface area contributed by atoms with Crippen molar-refractivity contribution in [2.75, 3.05) is 19.6 Å². The molecule has 29 heavy (non-hydrogen) atoms. The van der Waals surface area contributed by atoms with Gasteiger partial charge in [0.1, 0.15) is 0 Å². The minimum atomic E-state index is -4.57. The number of alkyl halides is 3. The summed E-state index contributed by atoms with van der Waals surface area (Å²) in [6.45, 7) is 2.55. The maximum atomic E-state index is 13.9. The van der Waals surface area contributed by atoms with Crippen LogP contribution in [-0.2, 0) is 17.8 Å². The second kappa shape index (κ2) is 9.26. The summed E-state index contributed by atoms with van der Waals surface area (Å²) in [5.74, 6) is -0.898. The number of nitrogens with one attached hydrogen (secondary N) is 1. The highest BCUT2D eigenvalue weighted by Crippen LogP contribution is 2.46. The Morgan fingerprint density at radius 3 is 2.69 bits per heavy atom. The van der Waals surface area contributed by atoms with Crippen molar-refractivity contribution in [1.29, 1.82) is 0 Å². The maximum absolute atomic E-state index is 13.9. The summed E-state index contributed by atoms with van der Waals surface area (Å²) in [6.07, 6.45) is -2.57. The molecular weight excluding hydrogens is 399 g/mol. The lowest BCUT2D eigenvalue weighted by Crippen LogP contribution is -2.52. The van der Waals surface area contributed by atoms with Gasteiger partial charge in [0.25, 0.3) is 0 Å². The third-order valence-electron chi connectivity index (χ3n) is 5.34. The summed E-state index contributed by atoms with van der Waals surface area (Å²) in [4.78, 5) is 18.7. The number of hydrogen-bond donors (Lipinski definition) is 1. The third-order valence-corrected chi connectivity index (χ3v) is 6.37. The van der Waals surface area contributed by atoms with E-state index in [1.54, 1.807) is 16.2 Å². The lowest BCUT2D eigenvalue weighted by molar-refractivity contribution is -0.218. The van der Waals surface area contributed by atoms with Gasteiger partial charge in [-0.2, -0.15) is 13.2 Å². The molecule has 1 unspecified atom stereocenters. The van der Waals surface area contributed by atoms with Crippen LogP contribution in [0.3, 0.4) is 0 Å². The Morgan fingerprint density at radius 2 is 2.03 bits per heavy atom. The molecule has 3 rings (SSSR count). The molecular formula is C21H26F3N3OS. The fourth-order valence-electron chi connectivity index (χ4n) is 3.70. The number of benzene rings is 1. The Hall–Kier alpha value is -1.93. The molecule has 8 heteroatoms. The summed E-state index contributed by atoms with van der Waals surface area (Å²) in [5.41, 5.74) is -0.399. The van der Waals surface area contributed by atoms with E-state index < -0.39 is 17.5 Å². The van der Waals surface area contributed by atoms with Crippen molar-refractivity contribution in [3.63, 3.8) is 0 Å². The first-order valence-corrected chi connectivity index (χ1v) is 10.7. The number of carbonyl (C=O) groups is 1. The van der Waals surface area contributed by atoms with Gasteiger partial charge in [-0.25, -0.2) is 4.98 Å². The molecule has 0 spiro atoms. The number of rotatable bonds is 8. The van der Waals surface area contributed by atoms with Crippen molar-refractivity contribution in [2.45, 2.75) is 45.3 Å². The second-order valence-corrected chi connectivity index (χ2v) is 8.56. The van der Waals surface area contributed by atoms with E-state index in [2.05, 4.69) is 10.3 Å². The Kier molecular flexibility index (Phi) is 6.95. The van der Waals surface area contributed by atoms with Crippen molar-refractivity contribution in [1.82, 2.24) is 15.2 Å². The molecule has 1 aliphatic rings. The van der Waals surface area contributed by atoms with Crippen molar-refractivity contribution >= 4 is 17.2 Å². The van der Waals surface area contributed by atoms with Crippen LogP contribution in [0.15, 0.2) is 35.7 Å². The normalized spacial score (nSPS) is 20.1. The highest BCUT2D eigenvalue weighted by molar-refractivity contribution is 7.09. The summed E-state index contributed by atoms with van der Waals surface area (Å²) >= 11 is 1.59. The van der Waals surface area contributed by atoms with E-state index >= 15 is 0 Å². The van der Waals surface area contributed by atoms with Crippen LogP contribution < -0.4 is 5.32 Å². The van der Waals surface area contributed by atoms with Crippen molar-refractivity contribution in [2.24, 2.45) is 5.41 Å². The lowest BCUT2D eigenvalue weighted by atomic mass is 9.85. The first-order valence-electron chi connectivity index (χ1n) is 9.82. The number of nitrogens with zero attached hydrogens (tertiary/aromatic N) is 2. The molecule has 2 heterocycles. The van der Waals surface area contributed by atoms with Crippen LogP contribution in [0.1, 0.15) is 35.5 Å². The molecule has 1 amide bonds. The van der Waals surface area contributed by atoms with Crippen molar-refractivity contribution in [3.05, 3.63) is 52.0 Å². The second-order valence-electron chi connectivity index (χ2n) is 7.62. The average Bonchev–Trinajstić information content (AvgIpc) is 3.29. The summed E-state index contributed by atoms with van der Waals surface area (Å²) in [7, 11) is 0. The number of hydrogen-bond acceptors (Lipinski definition) is 4. The SMILES string of the molecule is Cc1csc(CCCCNC(=O)C2(C(F)(F)F)CCN(Cc3ccccc3)C2)n1. The third kappa shape index (κ3) is 5.36. The molecule has 1 fully saturated rings. The van der Waals surface area contributed by atoms with Gasteiger partial charge in [-0.3, -0.25) is 9.69 Å². The van der Waals surface area contributed by atoms with Crippen LogP contribution in [0.2, 0.25) is 0 Å². The number of halogens is 3. The molecule has 1 aromatic carbocycles. The zero-order valence-electron chi connectivity index (χ0n) is 16.5. The number of amides is 1. The van der Waals surface area contributed by atoms with Crippen LogP contribution >= 0.6 is 11.3 Å². The first-order chi connectivity index (χ1) is 13.8. The van der Waals surface area contributed by atoms with Crippen LogP contribution in [0.5, 0.6) is 0 Å². The molecule has 0 aliphatic carbocycles. The van der Waals surface area contributed by atoms with Gasteiger partial charge < -0.3 is 5.32 Å². The molecule has 1 atom stereocenters. The molecule has 1 aliphatic heterocycles. The highest BCUT2D eigenvalue weighted by atomic mass is 32.1. The maximum Gasteiger partial charge on any atom is 0.404 e. The first kappa shape index (κ1) is 21.8. The number of thiazole rings is 1. The Balaban J connectivity index is 1.52. The molecule has 2 aromatic rings. The summed E-state index contributed by atoms with van der Waals surface area (Å²) in [5, 5.41) is 5.54. The van der Waals surface area contributed by atoms with E-state index in [0.717, 1.165) is 29.1 Å². The molecule has 1 aromatic heterocycles. The standard InChI is InChI=1S/C21H26F3N3OS/c1-16-14-29-18(26-16)9-5-6-11-25-19(28)20(21(22,23)24)10-12-27(15-20)13-17-7-3-2-4-8-17/h2-4,7-8,14H,5-6,9-13,15H2,1H3,(H,25,28). The smallest absolute Gasteiger partial charge is 0.355 e. The molecule has 0 bridgehead atoms. The predicted octanol–water partition coefficient (Wildman–Crippen LogP) is 4.35. The van der Waals surface area contributed by atoms with E-state index in [-0.39, 0.29) is 26.1 Å². The number of aromatic nitrogens is 1. The predicted molar refractivity (Wildman–Crippen MR) is 108 cm³/mol. The fourth-order valence-corrected chi connectivity index (χ4v) is 4.52. The Bertz CT molecular complexity index is 809. The quantitative estimate of drug-likeness (QED) is 0.640. The minimum Gasteiger partial charge on any atom is -0.355 e. The van der Waals surface area contributed by atoms with Gasteiger partial charge in [0.15, 0.2) is 5.41 Å². The average molecular weight is 426 g/mol. The van der Waals surface area contributed by atoms with Gasteiger partial charge in [0.05, 0.1) is 5.01 Å². The highest BCUT2D eigenvalue weighted by Gasteiger charge is 2.62. The Labute approximate surface area is 173 Å². The summed E-state index contributed by atoms with van der Waals surface area (Å²) < 4.78 is 41.6. The van der Waals surface area contributed by atoms with Crippen molar-refractivity contribution in [3.8, 4) is 0 Å². The zero-order valence-corrected chi connectivity index (χ0v) is 17.3. The molecule has 1 N–H and O–H groups in total. The van der Waals surface area contributed by atoms with Gasteiger partial charge in [0, 0.05) is 30.7 Å². The molecule has 158 valence electrons. The van der Waals surface area contributed by atoms with Crippen LogP contribution in [0.25, 0.3) is 0 Å². The molecule has 0 radical (unpaired) electrons. The van der Waals surface area contributed by atoms with E-state index in [4.69, 9.17) is 0 Å². The van der Waals surface area contributed by atoms with E-state index in [0.29, 0.717) is 13.0 Å². The number of unbranched alkanes of at least 4 members (excludes halogenated alkanes) is 1. The minimum absolute atomic E-state index is 0.201. The van der Waals surface area contributed by atoms with E-state index in [1.165, 1.54) is 0 Å². The van der Waals surface area contributed by atoms with Crippen molar-refractivity contribution < 1.29 is 18.0 Å². The molecule has 4 nitrogen and oxygen atoms in total. The molecule has 0 saturated carbocycles. The van der Waals surface area contributed by atoms with Gasteiger partial charge in [0.2, 0.25) is 5.91 Å². The number of carbonyl (C=O) groups excluding carboxylic acids is 1. The summed E-state index contributed by atoms with van der Waals surface area (Å²) in [6, 6.07) is 9.37. The largest absolute Gasteiger partial charge is 0.404 e. The number of aryl methyl sites for hydroxylation is 2. The van der Waals surface area contributed by atoms with E-state index in [9.17, 15) is 18.0 Å². The zero-order chi connectivity index (χ0) is 20.9. The van der Waals surface area contributed by atoms with Crippen LogP contribution in [0, 0.1) is 12.3 Å². The van der Waals surface area contributed by atoms with Gasteiger partial charge >= 0.3 is 6.18 Å². The topological polar surface area (TPSA) is 45.2 Å². The van der Waals surface area contributed by atoms with E-state index in [1.807, 2.05) is 42.6 Å². The fraction of sp³-hybridized carbons (Fsp3) is 0.524. The monoisotopic (exact) mass is 425 g/mol. The van der Waals surface area contributed by atoms with Gasteiger partial charge in [-0.1, -0.05) is 30.3 Å². The van der Waals surface area contributed by atoms with Gasteiger partial charge in [-0.05, 0) is 44.7 Å². The van der Waals surface area contributed by atoms with Crippen LogP contribution in [0.4, 0.5) is 13.2 Å². The lowest BCUT2D eigenvalue weighted by Gasteiger charge is -2.30. The Morgan fingerprint density at radius 1 is 1.28 bits per heavy atom. The van der Waals surface area contributed by atoms with Crippen LogP contribution in [-0.4, -0.2) is 41.6 Å².